The molecule has 2 nitrogen and oxygen atoms in total. The van der Waals surface area contributed by atoms with E-state index in [0.717, 1.165) is 36.1 Å². The van der Waals surface area contributed by atoms with Gasteiger partial charge in [-0.25, -0.2) is 0 Å². The molecule has 2 aromatic rings. The van der Waals surface area contributed by atoms with Gasteiger partial charge in [-0.3, -0.25) is 4.79 Å². The Morgan fingerprint density at radius 3 is 2.84 bits per heavy atom. The minimum Gasteiger partial charge on any atom is -0.384 e. The molecule has 0 unspecified atom stereocenters. The van der Waals surface area contributed by atoms with Gasteiger partial charge in [-0.1, -0.05) is 30.4 Å². The van der Waals surface area contributed by atoms with Crippen LogP contribution in [-0.4, -0.2) is 12.8 Å². The molecule has 0 saturated heterocycles. The molecule has 0 fully saturated rings. The van der Waals surface area contributed by atoms with Gasteiger partial charge in [-0.2, -0.15) is 0 Å². The summed E-state index contributed by atoms with van der Waals surface area (Å²) in [7, 11) is 0. The van der Waals surface area contributed by atoms with Gasteiger partial charge in [0.15, 0.2) is 6.29 Å². The van der Waals surface area contributed by atoms with Gasteiger partial charge in [0.05, 0.1) is 0 Å². The summed E-state index contributed by atoms with van der Waals surface area (Å²) in [6, 6.07) is 9.97. The van der Waals surface area contributed by atoms with Crippen LogP contribution in [-0.2, 0) is 6.42 Å². The third kappa shape index (κ3) is 3.55. The second-order valence-corrected chi connectivity index (χ2v) is 5.21. The second kappa shape index (κ2) is 6.90. The summed E-state index contributed by atoms with van der Waals surface area (Å²) in [6.45, 7) is 2.82. The first-order chi connectivity index (χ1) is 9.35. The van der Waals surface area contributed by atoms with Crippen LogP contribution in [0.5, 0.6) is 0 Å². The van der Waals surface area contributed by atoms with E-state index >= 15 is 0 Å². The van der Waals surface area contributed by atoms with Crippen molar-refractivity contribution >= 4 is 29.4 Å². The predicted octanol–water partition coefficient (Wildman–Crippen LogP) is 4.25. The Kier molecular flexibility index (Phi) is 4.93. The highest BCUT2D eigenvalue weighted by molar-refractivity contribution is 7.09. The number of aldehydes is 1. The first-order valence-corrected chi connectivity index (χ1v) is 7.20. The number of benzene rings is 1. The summed E-state index contributed by atoms with van der Waals surface area (Å²) in [5.41, 5.74) is 2.70. The molecular formula is C16H17NOS. The lowest BCUT2D eigenvalue weighted by atomic mass is 10.1. The first-order valence-electron chi connectivity index (χ1n) is 6.32. The van der Waals surface area contributed by atoms with E-state index in [1.165, 1.54) is 4.88 Å². The molecule has 0 radical (unpaired) electrons. The lowest BCUT2D eigenvalue weighted by molar-refractivity contribution is 0.112. The van der Waals surface area contributed by atoms with E-state index < -0.39 is 0 Å². The molecule has 0 amide bonds. The molecule has 0 atom stereocenters. The van der Waals surface area contributed by atoms with Gasteiger partial charge in [0.25, 0.3) is 0 Å². The molecule has 1 aromatic heterocycles. The third-order valence-corrected chi connectivity index (χ3v) is 3.80. The van der Waals surface area contributed by atoms with Crippen molar-refractivity contribution in [2.24, 2.45) is 0 Å². The van der Waals surface area contributed by atoms with E-state index in [4.69, 9.17) is 0 Å². The molecule has 1 N–H and O–H groups in total. The van der Waals surface area contributed by atoms with Gasteiger partial charge in [0.2, 0.25) is 0 Å². The molecule has 98 valence electrons. The molecule has 0 aliphatic rings. The number of rotatable bonds is 6. The fourth-order valence-corrected chi connectivity index (χ4v) is 2.68. The lowest BCUT2D eigenvalue weighted by Gasteiger charge is -2.11. The predicted molar refractivity (Wildman–Crippen MR) is 83.1 cm³/mol. The third-order valence-electron chi connectivity index (χ3n) is 2.87. The molecule has 0 spiro atoms. The molecule has 0 aliphatic carbocycles. The van der Waals surface area contributed by atoms with Gasteiger partial charge >= 0.3 is 0 Å². The highest BCUT2D eigenvalue weighted by atomic mass is 32.1. The molecule has 0 aliphatic heterocycles. The van der Waals surface area contributed by atoms with Crippen LogP contribution in [0.25, 0.3) is 6.08 Å². The minimum atomic E-state index is 0.722. The molecule has 0 saturated carbocycles. The van der Waals surface area contributed by atoms with Crippen molar-refractivity contribution in [2.75, 3.05) is 11.9 Å². The van der Waals surface area contributed by atoms with Crippen molar-refractivity contribution in [2.45, 2.75) is 13.3 Å². The van der Waals surface area contributed by atoms with Crippen molar-refractivity contribution in [3.05, 3.63) is 57.8 Å². The second-order valence-electron chi connectivity index (χ2n) is 4.18. The fourth-order valence-electron chi connectivity index (χ4n) is 1.97. The summed E-state index contributed by atoms with van der Waals surface area (Å²) in [4.78, 5) is 12.4. The van der Waals surface area contributed by atoms with Gasteiger partial charge in [0, 0.05) is 28.2 Å². The van der Waals surface area contributed by atoms with Crippen molar-refractivity contribution in [3.63, 3.8) is 0 Å². The smallest absolute Gasteiger partial charge is 0.150 e. The molecule has 1 heterocycles. The maximum absolute atomic E-state index is 11.1. The Labute approximate surface area is 117 Å². The summed E-state index contributed by atoms with van der Waals surface area (Å²) in [5, 5.41) is 5.50. The van der Waals surface area contributed by atoms with E-state index in [1.54, 1.807) is 11.3 Å². The Balaban J connectivity index is 2.08. The zero-order valence-corrected chi connectivity index (χ0v) is 11.7. The Bertz CT molecular complexity index is 558. The van der Waals surface area contributed by atoms with Crippen molar-refractivity contribution < 1.29 is 4.79 Å². The molecule has 3 heteroatoms. The van der Waals surface area contributed by atoms with Gasteiger partial charge in [-0.15, -0.1) is 11.3 Å². The number of nitrogens with one attached hydrogen (secondary N) is 1. The minimum absolute atomic E-state index is 0.722. The standard InChI is InChI=1S/C16H17NOS/c1-2-5-15-13(12-18)6-3-8-16(15)17-10-9-14-7-4-11-19-14/h2-8,11-12,17H,9-10H2,1H3/b5-2-. The van der Waals surface area contributed by atoms with E-state index in [2.05, 4.69) is 22.8 Å². The average molecular weight is 271 g/mol. The van der Waals surface area contributed by atoms with E-state index in [0.29, 0.717) is 0 Å². The number of carbonyl (C=O) groups excluding carboxylic acids is 1. The lowest BCUT2D eigenvalue weighted by Crippen LogP contribution is -2.06. The van der Waals surface area contributed by atoms with Crippen molar-refractivity contribution in [1.82, 2.24) is 0 Å². The zero-order chi connectivity index (χ0) is 13.5. The van der Waals surface area contributed by atoms with Crippen LogP contribution in [0.3, 0.4) is 0 Å². The molecular weight excluding hydrogens is 254 g/mol. The Hall–Kier alpha value is -1.87. The van der Waals surface area contributed by atoms with Crippen molar-refractivity contribution in [3.8, 4) is 0 Å². The van der Waals surface area contributed by atoms with Crippen LogP contribution in [0.4, 0.5) is 5.69 Å². The van der Waals surface area contributed by atoms with Crippen LogP contribution in [0.15, 0.2) is 41.8 Å². The van der Waals surface area contributed by atoms with Gasteiger partial charge < -0.3 is 5.32 Å². The monoisotopic (exact) mass is 271 g/mol. The fraction of sp³-hybridized carbons (Fsp3) is 0.188. The number of hydrogen-bond donors (Lipinski definition) is 1. The Morgan fingerprint density at radius 1 is 1.26 bits per heavy atom. The number of allylic oxidation sites excluding steroid dienone is 1. The Morgan fingerprint density at radius 2 is 2.16 bits per heavy atom. The highest BCUT2D eigenvalue weighted by Gasteiger charge is 2.04. The van der Waals surface area contributed by atoms with Crippen LogP contribution in [0.2, 0.25) is 0 Å². The molecule has 19 heavy (non-hydrogen) atoms. The normalized spacial score (nSPS) is 10.8. The molecule has 2 rings (SSSR count). The zero-order valence-electron chi connectivity index (χ0n) is 10.9. The van der Waals surface area contributed by atoms with Crippen LogP contribution >= 0.6 is 11.3 Å². The van der Waals surface area contributed by atoms with Crippen LogP contribution in [0, 0.1) is 0 Å². The van der Waals surface area contributed by atoms with E-state index in [9.17, 15) is 4.79 Å². The largest absolute Gasteiger partial charge is 0.384 e. The summed E-state index contributed by atoms with van der Waals surface area (Å²) >= 11 is 1.77. The molecule has 0 bridgehead atoms. The van der Waals surface area contributed by atoms with Gasteiger partial charge in [-0.05, 0) is 30.9 Å². The number of thiophene rings is 1. The van der Waals surface area contributed by atoms with E-state index in [1.807, 2.05) is 37.3 Å². The number of carbonyl (C=O) groups is 1. The van der Waals surface area contributed by atoms with Crippen LogP contribution in [0.1, 0.15) is 27.7 Å². The average Bonchev–Trinajstić information content (AvgIpc) is 2.94. The SMILES string of the molecule is C/C=C\c1c(C=O)cccc1NCCc1cccs1. The van der Waals surface area contributed by atoms with Gasteiger partial charge in [0.1, 0.15) is 0 Å². The van der Waals surface area contributed by atoms with Crippen LogP contribution < -0.4 is 5.32 Å². The first kappa shape index (κ1) is 13.6. The molecule has 1 aromatic carbocycles. The topological polar surface area (TPSA) is 29.1 Å². The van der Waals surface area contributed by atoms with E-state index in [-0.39, 0.29) is 0 Å². The summed E-state index contributed by atoms with van der Waals surface area (Å²) in [6.07, 6.45) is 5.82. The summed E-state index contributed by atoms with van der Waals surface area (Å²) < 4.78 is 0. The number of hydrogen-bond acceptors (Lipinski definition) is 3. The maximum Gasteiger partial charge on any atom is 0.150 e. The number of anilines is 1. The van der Waals surface area contributed by atoms with Crippen molar-refractivity contribution in [1.29, 1.82) is 0 Å². The quantitative estimate of drug-likeness (QED) is 0.796. The summed E-state index contributed by atoms with van der Waals surface area (Å²) in [5.74, 6) is 0. The highest BCUT2D eigenvalue weighted by Crippen LogP contribution is 2.21. The maximum atomic E-state index is 11.1.